The van der Waals surface area contributed by atoms with E-state index in [0.717, 1.165) is 29.3 Å². The second kappa shape index (κ2) is 3.87. The molecule has 0 aliphatic carbocycles. The Kier molecular flexibility index (Phi) is 2.38. The van der Waals surface area contributed by atoms with Gasteiger partial charge in [0.2, 0.25) is 5.89 Å². The van der Waals surface area contributed by atoms with Crippen LogP contribution < -0.4 is 5.32 Å². The van der Waals surface area contributed by atoms with Gasteiger partial charge in [-0.3, -0.25) is 0 Å². The van der Waals surface area contributed by atoms with Gasteiger partial charge < -0.3 is 9.73 Å². The van der Waals surface area contributed by atoms with Crippen molar-refractivity contribution >= 4 is 22.9 Å². The van der Waals surface area contributed by atoms with Gasteiger partial charge in [-0.15, -0.1) is 0 Å². The number of hydrogen-bond donors (Lipinski definition) is 1. The van der Waals surface area contributed by atoms with E-state index in [4.69, 9.17) is 4.42 Å². The molecule has 0 spiro atoms. The SMILES string of the molecule is c1ccc2oc(C3CSCCN3)nc2c1. The maximum absolute atomic E-state index is 5.72. The molecule has 0 bridgehead atoms. The molecule has 1 fully saturated rings. The fraction of sp³-hybridized carbons (Fsp3) is 0.364. The Morgan fingerprint density at radius 1 is 1.40 bits per heavy atom. The summed E-state index contributed by atoms with van der Waals surface area (Å²) >= 11 is 1.95. The van der Waals surface area contributed by atoms with Crippen LogP contribution in [-0.2, 0) is 0 Å². The second-order valence-corrected chi connectivity index (χ2v) is 4.75. The predicted octanol–water partition coefficient (Wildman–Crippen LogP) is 2.21. The van der Waals surface area contributed by atoms with E-state index in [1.54, 1.807) is 0 Å². The lowest BCUT2D eigenvalue weighted by Gasteiger charge is -2.19. The van der Waals surface area contributed by atoms with Crippen molar-refractivity contribution in [2.75, 3.05) is 18.1 Å². The number of benzene rings is 1. The van der Waals surface area contributed by atoms with E-state index < -0.39 is 0 Å². The highest BCUT2D eigenvalue weighted by Crippen LogP contribution is 2.24. The summed E-state index contributed by atoms with van der Waals surface area (Å²) in [5.41, 5.74) is 1.83. The molecular weight excluding hydrogens is 208 g/mol. The molecule has 0 radical (unpaired) electrons. The first kappa shape index (κ1) is 9.24. The number of nitrogens with zero attached hydrogens (tertiary/aromatic N) is 1. The third-order valence-electron chi connectivity index (χ3n) is 2.53. The summed E-state index contributed by atoms with van der Waals surface area (Å²) < 4.78 is 5.72. The minimum Gasteiger partial charge on any atom is -0.439 e. The number of nitrogens with one attached hydrogen (secondary N) is 1. The van der Waals surface area contributed by atoms with Crippen molar-refractivity contribution in [3.8, 4) is 0 Å². The van der Waals surface area contributed by atoms with E-state index in [0.29, 0.717) is 0 Å². The molecule has 1 atom stereocenters. The molecule has 2 heterocycles. The summed E-state index contributed by atoms with van der Waals surface area (Å²) in [5.74, 6) is 3.05. The normalized spacial score (nSPS) is 22.0. The summed E-state index contributed by atoms with van der Waals surface area (Å²) in [6.07, 6.45) is 0. The lowest BCUT2D eigenvalue weighted by atomic mass is 10.3. The molecule has 1 aromatic carbocycles. The van der Waals surface area contributed by atoms with E-state index in [1.165, 1.54) is 5.75 Å². The maximum Gasteiger partial charge on any atom is 0.213 e. The van der Waals surface area contributed by atoms with Crippen LogP contribution in [0.15, 0.2) is 28.7 Å². The van der Waals surface area contributed by atoms with Crippen molar-refractivity contribution in [1.29, 1.82) is 0 Å². The topological polar surface area (TPSA) is 38.1 Å². The predicted molar refractivity (Wildman–Crippen MR) is 62.1 cm³/mol. The van der Waals surface area contributed by atoms with E-state index in [1.807, 2.05) is 36.0 Å². The molecule has 2 aromatic rings. The van der Waals surface area contributed by atoms with Gasteiger partial charge in [0.25, 0.3) is 0 Å². The van der Waals surface area contributed by atoms with Gasteiger partial charge in [0.05, 0.1) is 6.04 Å². The molecule has 1 aliphatic heterocycles. The van der Waals surface area contributed by atoms with Crippen LogP contribution in [0.25, 0.3) is 11.1 Å². The van der Waals surface area contributed by atoms with E-state index in [9.17, 15) is 0 Å². The van der Waals surface area contributed by atoms with Crippen molar-refractivity contribution in [3.05, 3.63) is 30.2 Å². The van der Waals surface area contributed by atoms with Crippen molar-refractivity contribution in [2.45, 2.75) is 6.04 Å². The minimum atomic E-state index is 0.274. The van der Waals surface area contributed by atoms with Crippen LogP contribution in [0.5, 0.6) is 0 Å². The quantitative estimate of drug-likeness (QED) is 0.799. The molecule has 4 heteroatoms. The first-order chi connectivity index (χ1) is 7.43. The average Bonchev–Trinajstić information content (AvgIpc) is 2.74. The second-order valence-electron chi connectivity index (χ2n) is 3.60. The van der Waals surface area contributed by atoms with Crippen molar-refractivity contribution in [3.63, 3.8) is 0 Å². The zero-order valence-electron chi connectivity index (χ0n) is 8.27. The fourth-order valence-electron chi connectivity index (χ4n) is 1.76. The van der Waals surface area contributed by atoms with Gasteiger partial charge in [0, 0.05) is 18.1 Å². The molecule has 15 heavy (non-hydrogen) atoms. The van der Waals surface area contributed by atoms with Crippen LogP contribution in [0.3, 0.4) is 0 Å². The highest BCUT2D eigenvalue weighted by Gasteiger charge is 2.20. The zero-order chi connectivity index (χ0) is 10.1. The first-order valence-corrected chi connectivity index (χ1v) is 6.25. The summed E-state index contributed by atoms with van der Waals surface area (Å²) in [4.78, 5) is 4.49. The van der Waals surface area contributed by atoms with Crippen LogP contribution >= 0.6 is 11.8 Å². The summed E-state index contributed by atoms with van der Waals surface area (Å²) in [6.45, 7) is 1.04. The van der Waals surface area contributed by atoms with Crippen molar-refractivity contribution in [2.24, 2.45) is 0 Å². The zero-order valence-corrected chi connectivity index (χ0v) is 9.09. The monoisotopic (exact) mass is 220 g/mol. The van der Waals surface area contributed by atoms with Gasteiger partial charge in [-0.05, 0) is 12.1 Å². The van der Waals surface area contributed by atoms with E-state index in [2.05, 4.69) is 10.3 Å². The van der Waals surface area contributed by atoms with Crippen LogP contribution in [0, 0.1) is 0 Å². The molecule has 3 rings (SSSR count). The largest absolute Gasteiger partial charge is 0.439 e. The lowest BCUT2D eigenvalue weighted by Crippen LogP contribution is -2.30. The molecule has 78 valence electrons. The lowest BCUT2D eigenvalue weighted by molar-refractivity contribution is 0.441. The van der Waals surface area contributed by atoms with Gasteiger partial charge in [-0.2, -0.15) is 11.8 Å². The van der Waals surface area contributed by atoms with Crippen molar-refractivity contribution < 1.29 is 4.42 Å². The Labute approximate surface area is 92.3 Å². The number of oxazole rings is 1. The number of aromatic nitrogens is 1. The molecule has 0 saturated carbocycles. The Hall–Kier alpha value is -1.00. The molecular formula is C11H12N2OS. The number of rotatable bonds is 1. The highest BCUT2D eigenvalue weighted by molar-refractivity contribution is 7.99. The smallest absolute Gasteiger partial charge is 0.213 e. The number of fused-ring (bicyclic) bond motifs is 1. The Morgan fingerprint density at radius 3 is 3.13 bits per heavy atom. The number of hydrogen-bond acceptors (Lipinski definition) is 4. The van der Waals surface area contributed by atoms with Crippen LogP contribution in [0.4, 0.5) is 0 Å². The Morgan fingerprint density at radius 2 is 2.33 bits per heavy atom. The fourth-order valence-corrected chi connectivity index (χ4v) is 2.69. The molecule has 1 N–H and O–H groups in total. The molecule has 3 nitrogen and oxygen atoms in total. The van der Waals surface area contributed by atoms with E-state index >= 15 is 0 Å². The molecule has 1 aromatic heterocycles. The Balaban J connectivity index is 1.96. The molecule has 1 saturated heterocycles. The van der Waals surface area contributed by atoms with Gasteiger partial charge >= 0.3 is 0 Å². The van der Waals surface area contributed by atoms with Gasteiger partial charge in [-0.25, -0.2) is 4.98 Å². The van der Waals surface area contributed by atoms with Gasteiger partial charge in [0.1, 0.15) is 5.52 Å². The Bertz CT molecular complexity index is 429. The standard InChI is InChI=1S/C11H12N2OS/c1-2-4-10-8(3-1)13-11(14-10)9-7-15-6-5-12-9/h1-4,9,12H,5-7H2. The first-order valence-electron chi connectivity index (χ1n) is 5.10. The average molecular weight is 220 g/mol. The number of thioether (sulfide) groups is 1. The third-order valence-corrected chi connectivity index (χ3v) is 3.59. The molecule has 1 aliphatic rings. The third kappa shape index (κ3) is 1.75. The number of para-hydroxylation sites is 2. The summed E-state index contributed by atoms with van der Waals surface area (Å²) in [5, 5.41) is 3.42. The molecule has 0 amide bonds. The molecule has 1 unspecified atom stereocenters. The van der Waals surface area contributed by atoms with Crippen LogP contribution in [0.2, 0.25) is 0 Å². The minimum absolute atomic E-state index is 0.274. The summed E-state index contributed by atoms with van der Waals surface area (Å²) in [7, 11) is 0. The van der Waals surface area contributed by atoms with Gasteiger partial charge in [0.15, 0.2) is 5.58 Å². The van der Waals surface area contributed by atoms with Crippen LogP contribution in [-0.4, -0.2) is 23.0 Å². The van der Waals surface area contributed by atoms with E-state index in [-0.39, 0.29) is 6.04 Å². The summed E-state index contributed by atoms with van der Waals surface area (Å²) in [6, 6.07) is 8.18. The van der Waals surface area contributed by atoms with Crippen molar-refractivity contribution in [1.82, 2.24) is 10.3 Å². The highest BCUT2D eigenvalue weighted by atomic mass is 32.2. The maximum atomic E-state index is 5.72. The van der Waals surface area contributed by atoms with Gasteiger partial charge in [-0.1, -0.05) is 12.1 Å². The van der Waals surface area contributed by atoms with Crippen LogP contribution in [0.1, 0.15) is 11.9 Å².